The molecule has 0 saturated carbocycles. The predicted molar refractivity (Wildman–Crippen MR) is 80.6 cm³/mol. The summed E-state index contributed by atoms with van der Waals surface area (Å²) in [6.45, 7) is 1.86. The van der Waals surface area contributed by atoms with E-state index in [1.807, 2.05) is 6.92 Å². The van der Waals surface area contributed by atoms with Crippen LogP contribution < -0.4 is 9.46 Å². The van der Waals surface area contributed by atoms with Gasteiger partial charge in [-0.25, -0.2) is 8.42 Å². The van der Waals surface area contributed by atoms with Crippen LogP contribution in [-0.2, 0) is 10.0 Å². The van der Waals surface area contributed by atoms with Crippen molar-refractivity contribution in [2.75, 3.05) is 11.8 Å². The van der Waals surface area contributed by atoms with Gasteiger partial charge in [0.15, 0.2) is 0 Å². The molecular weight excluding hydrogens is 350 g/mol. The van der Waals surface area contributed by atoms with E-state index in [2.05, 4.69) is 20.7 Å². The van der Waals surface area contributed by atoms with E-state index in [0.717, 1.165) is 15.1 Å². The molecule has 4 nitrogen and oxygen atoms in total. The molecule has 0 saturated heterocycles. The van der Waals surface area contributed by atoms with E-state index in [-0.39, 0.29) is 4.21 Å². The number of nitrogens with one attached hydrogen (secondary N) is 1. The Kier molecular flexibility index (Phi) is 4.17. The van der Waals surface area contributed by atoms with Gasteiger partial charge < -0.3 is 4.74 Å². The van der Waals surface area contributed by atoms with Gasteiger partial charge in [0.1, 0.15) is 9.96 Å². The van der Waals surface area contributed by atoms with Crippen molar-refractivity contribution in [3.63, 3.8) is 0 Å². The lowest BCUT2D eigenvalue weighted by molar-refractivity contribution is 0.412. The fourth-order valence-corrected chi connectivity index (χ4v) is 4.65. The number of rotatable bonds is 4. The van der Waals surface area contributed by atoms with E-state index >= 15 is 0 Å². The van der Waals surface area contributed by atoms with Gasteiger partial charge in [-0.1, -0.05) is 0 Å². The minimum atomic E-state index is -3.53. The van der Waals surface area contributed by atoms with Gasteiger partial charge in [0, 0.05) is 5.69 Å². The first-order chi connectivity index (χ1) is 8.92. The molecule has 0 atom stereocenters. The molecule has 0 spiro atoms. The Balaban J connectivity index is 2.28. The number of ether oxygens (including phenoxy) is 1. The molecule has 1 aromatic carbocycles. The average Bonchev–Trinajstić information content (AvgIpc) is 2.76. The first-order valence-electron chi connectivity index (χ1n) is 5.35. The molecule has 0 radical (unpaired) electrons. The summed E-state index contributed by atoms with van der Waals surface area (Å²) in [5, 5.41) is 0. The zero-order valence-electron chi connectivity index (χ0n) is 10.3. The van der Waals surface area contributed by atoms with Crippen LogP contribution in [0.25, 0.3) is 0 Å². The van der Waals surface area contributed by atoms with E-state index in [1.165, 1.54) is 11.3 Å². The second-order valence-corrected chi connectivity index (χ2v) is 8.22. The summed E-state index contributed by atoms with van der Waals surface area (Å²) in [5.74, 6) is 0.724. The van der Waals surface area contributed by atoms with Gasteiger partial charge in [-0.2, -0.15) is 0 Å². The van der Waals surface area contributed by atoms with E-state index in [4.69, 9.17) is 4.74 Å². The molecule has 0 bridgehead atoms. The van der Waals surface area contributed by atoms with E-state index in [1.54, 1.807) is 37.4 Å². The highest BCUT2D eigenvalue weighted by molar-refractivity contribution is 9.11. The summed E-state index contributed by atoms with van der Waals surface area (Å²) in [6.07, 6.45) is 0. The monoisotopic (exact) mass is 361 g/mol. The number of hydrogen-bond acceptors (Lipinski definition) is 4. The van der Waals surface area contributed by atoms with Crippen molar-refractivity contribution >= 4 is 43.0 Å². The second kappa shape index (κ2) is 5.52. The van der Waals surface area contributed by atoms with Gasteiger partial charge in [-0.05, 0) is 58.7 Å². The zero-order chi connectivity index (χ0) is 14.0. The largest absolute Gasteiger partial charge is 0.496 e. The lowest BCUT2D eigenvalue weighted by atomic mass is 10.2. The fraction of sp³-hybridized carbons (Fsp3) is 0.167. The number of thiophene rings is 1. The summed E-state index contributed by atoms with van der Waals surface area (Å²) in [6, 6.07) is 8.41. The lowest BCUT2D eigenvalue weighted by Gasteiger charge is -2.09. The van der Waals surface area contributed by atoms with Gasteiger partial charge >= 0.3 is 0 Å². The van der Waals surface area contributed by atoms with Crippen LogP contribution in [0.15, 0.2) is 38.3 Å². The SMILES string of the molecule is COc1ccc(NS(=O)(=O)c2ccc(Br)s2)cc1C. The molecule has 1 N–H and O–H groups in total. The number of aryl methyl sites for hydroxylation is 1. The molecule has 0 aliphatic heterocycles. The van der Waals surface area contributed by atoms with Crippen LogP contribution >= 0.6 is 27.3 Å². The van der Waals surface area contributed by atoms with E-state index in [9.17, 15) is 8.42 Å². The molecule has 0 unspecified atom stereocenters. The van der Waals surface area contributed by atoms with Crippen molar-refractivity contribution in [3.05, 3.63) is 39.7 Å². The molecule has 1 heterocycles. The first kappa shape index (κ1) is 14.4. The van der Waals surface area contributed by atoms with E-state index < -0.39 is 10.0 Å². The van der Waals surface area contributed by atoms with Crippen LogP contribution in [0.3, 0.4) is 0 Å². The first-order valence-corrected chi connectivity index (χ1v) is 8.44. The maximum Gasteiger partial charge on any atom is 0.271 e. The molecule has 102 valence electrons. The third kappa shape index (κ3) is 3.29. The quantitative estimate of drug-likeness (QED) is 0.904. The Labute approximate surface area is 124 Å². The summed E-state index contributed by atoms with van der Waals surface area (Å²) < 4.78 is 33.0. The molecule has 2 aromatic rings. The molecule has 19 heavy (non-hydrogen) atoms. The van der Waals surface area contributed by atoms with E-state index in [0.29, 0.717) is 5.69 Å². The van der Waals surface area contributed by atoms with Crippen molar-refractivity contribution in [2.45, 2.75) is 11.1 Å². The third-order valence-corrected chi connectivity index (χ3v) is 5.96. The van der Waals surface area contributed by atoms with Crippen LogP contribution in [0.4, 0.5) is 5.69 Å². The minimum Gasteiger partial charge on any atom is -0.496 e. The fourth-order valence-electron chi connectivity index (χ4n) is 1.59. The number of hydrogen-bond donors (Lipinski definition) is 1. The van der Waals surface area contributed by atoms with Crippen molar-refractivity contribution in [1.82, 2.24) is 0 Å². The number of methoxy groups -OCH3 is 1. The maximum atomic E-state index is 12.1. The van der Waals surface area contributed by atoms with Crippen molar-refractivity contribution in [2.24, 2.45) is 0 Å². The number of benzene rings is 1. The lowest BCUT2D eigenvalue weighted by Crippen LogP contribution is -2.11. The smallest absolute Gasteiger partial charge is 0.271 e. The summed E-state index contributed by atoms with van der Waals surface area (Å²) >= 11 is 4.42. The van der Waals surface area contributed by atoms with Crippen LogP contribution in [0.1, 0.15) is 5.56 Å². The van der Waals surface area contributed by atoms with Gasteiger partial charge in [-0.3, -0.25) is 4.72 Å². The maximum absolute atomic E-state index is 12.1. The molecule has 1 aromatic heterocycles. The molecule has 0 aliphatic carbocycles. The normalized spacial score (nSPS) is 11.3. The number of anilines is 1. The summed E-state index contributed by atoms with van der Waals surface area (Å²) in [4.78, 5) is 0. The Morgan fingerprint density at radius 3 is 2.53 bits per heavy atom. The van der Waals surface area contributed by atoms with Crippen LogP contribution in [0.5, 0.6) is 5.75 Å². The van der Waals surface area contributed by atoms with Crippen LogP contribution in [-0.4, -0.2) is 15.5 Å². The Bertz CT molecular complexity index is 695. The van der Waals surface area contributed by atoms with Gasteiger partial charge in [-0.15, -0.1) is 11.3 Å². The number of sulfonamides is 1. The number of halogens is 1. The summed E-state index contributed by atoms with van der Waals surface area (Å²) in [7, 11) is -1.95. The third-order valence-electron chi connectivity index (χ3n) is 2.46. The van der Waals surface area contributed by atoms with Gasteiger partial charge in [0.05, 0.1) is 10.9 Å². The standard InChI is InChI=1S/C12H12BrNO3S2/c1-8-7-9(3-4-10(8)17-2)14-19(15,16)12-6-5-11(13)18-12/h3-7,14H,1-2H3. The summed E-state index contributed by atoms with van der Waals surface area (Å²) in [5.41, 5.74) is 1.39. The molecule has 0 amide bonds. The van der Waals surface area contributed by atoms with Gasteiger partial charge in [0.2, 0.25) is 0 Å². The Morgan fingerprint density at radius 2 is 2.00 bits per heavy atom. The topological polar surface area (TPSA) is 55.4 Å². The predicted octanol–water partition coefficient (Wildman–Crippen LogP) is 3.63. The van der Waals surface area contributed by atoms with Crippen molar-refractivity contribution in [1.29, 1.82) is 0 Å². The highest BCUT2D eigenvalue weighted by Crippen LogP contribution is 2.28. The highest BCUT2D eigenvalue weighted by Gasteiger charge is 2.16. The van der Waals surface area contributed by atoms with Gasteiger partial charge in [0.25, 0.3) is 10.0 Å². The molecule has 7 heteroatoms. The molecular formula is C12H12BrNO3S2. The average molecular weight is 362 g/mol. The van der Waals surface area contributed by atoms with Crippen LogP contribution in [0.2, 0.25) is 0 Å². The zero-order valence-corrected chi connectivity index (χ0v) is 13.5. The highest BCUT2D eigenvalue weighted by atomic mass is 79.9. The van der Waals surface area contributed by atoms with Crippen LogP contribution in [0, 0.1) is 6.92 Å². The Morgan fingerprint density at radius 1 is 1.26 bits per heavy atom. The second-order valence-electron chi connectivity index (χ2n) is 3.85. The molecule has 2 rings (SSSR count). The Hall–Kier alpha value is -1.05. The molecule has 0 fully saturated rings. The minimum absolute atomic E-state index is 0.271. The van der Waals surface area contributed by atoms with Crippen molar-refractivity contribution < 1.29 is 13.2 Å². The molecule has 0 aliphatic rings. The van der Waals surface area contributed by atoms with Crippen molar-refractivity contribution in [3.8, 4) is 5.75 Å².